The first-order valence-corrected chi connectivity index (χ1v) is 5.28. The van der Waals surface area contributed by atoms with Gasteiger partial charge >= 0.3 is 0 Å². The summed E-state index contributed by atoms with van der Waals surface area (Å²) in [6, 6.07) is 0. The van der Waals surface area contributed by atoms with E-state index in [0.29, 0.717) is 0 Å². The molecule has 0 saturated carbocycles. The van der Waals surface area contributed by atoms with Crippen molar-refractivity contribution in [2.45, 2.75) is 25.7 Å². The second kappa shape index (κ2) is 6.80. The highest BCUT2D eigenvalue weighted by Gasteiger charge is 2.00. The molecule has 14 heavy (non-hydrogen) atoms. The van der Waals surface area contributed by atoms with Crippen molar-refractivity contribution in [3.63, 3.8) is 0 Å². The SMILES string of the molecule is C=C1CCCOC1.C=C1CCOCC1. The van der Waals surface area contributed by atoms with Gasteiger partial charge in [-0.15, -0.1) is 0 Å². The molecule has 80 valence electrons. The topological polar surface area (TPSA) is 18.5 Å². The summed E-state index contributed by atoms with van der Waals surface area (Å²) >= 11 is 0. The summed E-state index contributed by atoms with van der Waals surface area (Å²) in [5.41, 5.74) is 2.58. The Labute approximate surface area is 86.6 Å². The highest BCUT2D eigenvalue weighted by atomic mass is 16.5. The lowest BCUT2D eigenvalue weighted by atomic mass is 10.1. The maximum absolute atomic E-state index is 5.08. The van der Waals surface area contributed by atoms with Crippen LogP contribution in [0.25, 0.3) is 0 Å². The van der Waals surface area contributed by atoms with Crippen LogP contribution in [0.2, 0.25) is 0 Å². The number of hydrogen-bond acceptors (Lipinski definition) is 2. The quantitative estimate of drug-likeness (QED) is 0.555. The maximum atomic E-state index is 5.08. The fourth-order valence-corrected chi connectivity index (χ4v) is 1.37. The lowest BCUT2D eigenvalue weighted by Crippen LogP contribution is -2.06. The minimum absolute atomic E-state index is 0.792. The molecule has 0 radical (unpaired) electrons. The molecule has 0 amide bonds. The van der Waals surface area contributed by atoms with Gasteiger partial charge < -0.3 is 9.47 Å². The van der Waals surface area contributed by atoms with Crippen LogP contribution >= 0.6 is 0 Å². The van der Waals surface area contributed by atoms with E-state index in [0.717, 1.165) is 39.3 Å². The first-order valence-electron chi connectivity index (χ1n) is 5.28. The van der Waals surface area contributed by atoms with Gasteiger partial charge in [0.25, 0.3) is 0 Å². The van der Waals surface area contributed by atoms with Crippen LogP contribution in [0.1, 0.15) is 25.7 Å². The highest BCUT2D eigenvalue weighted by Crippen LogP contribution is 2.09. The van der Waals surface area contributed by atoms with E-state index in [1.807, 2.05) is 0 Å². The van der Waals surface area contributed by atoms with Crippen LogP contribution in [0.3, 0.4) is 0 Å². The second-order valence-electron chi connectivity index (χ2n) is 3.77. The molecule has 2 fully saturated rings. The lowest BCUT2D eigenvalue weighted by molar-refractivity contribution is 0.119. The average Bonchev–Trinajstić information content (AvgIpc) is 2.21. The van der Waals surface area contributed by atoms with Crippen LogP contribution in [-0.4, -0.2) is 26.4 Å². The predicted octanol–water partition coefficient (Wildman–Crippen LogP) is 2.71. The highest BCUT2D eigenvalue weighted by molar-refractivity contribution is 4.96. The van der Waals surface area contributed by atoms with Crippen LogP contribution in [0.15, 0.2) is 24.3 Å². The Morgan fingerprint density at radius 1 is 0.786 bits per heavy atom. The van der Waals surface area contributed by atoms with E-state index in [1.165, 1.54) is 24.0 Å². The van der Waals surface area contributed by atoms with Crippen molar-refractivity contribution in [2.24, 2.45) is 0 Å². The number of rotatable bonds is 0. The third-order valence-corrected chi connectivity index (χ3v) is 2.33. The predicted molar refractivity (Wildman–Crippen MR) is 58.4 cm³/mol. The Bertz CT molecular complexity index is 158. The van der Waals surface area contributed by atoms with E-state index in [2.05, 4.69) is 13.2 Å². The van der Waals surface area contributed by atoms with Crippen molar-refractivity contribution in [3.8, 4) is 0 Å². The average molecular weight is 196 g/mol. The lowest BCUT2D eigenvalue weighted by Gasteiger charge is -2.11. The summed E-state index contributed by atoms with van der Waals surface area (Å²) in [4.78, 5) is 0. The van der Waals surface area contributed by atoms with Gasteiger partial charge in [-0.3, -0.25) is 0 Å². The molecule has 0 spiro atoms. The summed E-state index contributed by atoms with van der Waals surface area (Å²) in [5.74, 6) is 0. The largest absolute Gasteiger partial charge is 0.381 e. The van der Waals surface area contributed by atoms with E-state index < -0.39 is 0 Å². The van der Waals surface area contributed by atoms with E-state index in [1.54, 1.807) is 0 Å². The van der Waals surface area contributed by atoms with Crippen molar-refractivity contribution < 1.29 is 9.47 Å². The van der Waals surface area contributed by atoms with Gasteiger partial charge in [-0.05, 0) is 25.7 Å². The van der Waals surface area contributed by atoms with Crippen LogP contribution in [0, 0.1) is 0 Å². The van der Waals surface area contributed by atoms with Crippen molar-refractivity contribution >= 4 is 0 Å². The Balaban J connectivity index is 0.000000140. The molecule has 2 heteroatoms. The number of hydrogen-bond donors (Lipinski definition) is 0. The van der Waals surface area contributed by atoms with E-state index in [4.69, 9.17) is 9.47 Å². The molecule has 2 aliphatic rings. The maximum Gasteiger partial charge on any atom is 0.0674 e. The van der Waals surface area contributed by atoms with Crippen LogP contribution in [0.5, 0.6) is 0 Å². The van der Waals surface area contributed by atoms with Gasteiger partial charge in [0.15, 0.2) is 0 Å². The van der Waals surface area contributed by atoms with Gasteiger partial charge in [-0.1, -0.05) is 24.3 Å². The Kier molecular flexibility index (Phi) is 5.57. The Morgan fingerprint density at radius 3 is 1.79 bits per heavy atom. The van der Waals surface area contributed by atoms with E-state index >= 15 is 0 Å². The van der Waals surface area contributed by atoms with Gasteiger partial charge in [0, 0.05) is 6.61 Å². The summed E-state index contributed by atoms with van der Waals surface area (Å²) < 4.78 is 10.2. The molecule has 2 aliphatic heterocycles. The molecular formula is C12H20O2. The van der Waals surface area contributed by atoms with Gasteiger partial charge in [0.05, 0.1) is 19.8 Å². The standard InChI is InChI=1S/2C6H10O/c1-6-2-4-7-5-3-6;1-6-3-2-4-7-5-6/h2*1-5H2. The van der Waals surface area contributed by atoms with Crippen molar-refractivity contribution in [1.29, 1.82) is 0 Å². The van der Waals surface area contributed by atoms with E-state index in [-0.39, 0.29) is 0 Å². The fourth-order valence-electron chi connectivity index (χ4n) is 1.37. The molecule has 0 aliphatic carbocycles. The third kappa shape index (κ3) is 5.20. The van der Waals surface area contributed by atoms with Crippen LogP contribution in [0.4, 0.5) is 0 Å². The van der Waals surface area contributed by atoms with Gasteiger partial charge in [0.1, 0.15) is 0 Å². The molecule has 0 aromatic rings. The zero-order valence-electron chi connectivity index (χ0n) is 8.89. The van der Waals surface area contributed by atoms with Crippen molar-refractivity contribution in [2.75, 3.05) is 26.4 Å². The third-order valence-electron chi connectivity index (χ3n) is 2.33. The molecule has 0 unspecified atom stereocenters. The molecule has 2 rings (SSSR count). The summed E-state index contributed by atoms with van der Waals surface area (Å²) in [5, 5.41) is 0. The minimum Gasteiger partial charge on any atom is -0.381 e. The Hall–Kier alpha value is -0.600. The van der Waals surface area contributed by atoms with Crippen molar-refractivity contribution in [3.05, 3.63) is 24.3 Å². The molecule has 0 bridgehead atoms. The van der Waals surface area contributed by atoms with Gasteiger partial charge in [-0.2, -0.15) is 0 Å². The molecule has 0 N–H and O–H groups in total. The molecule has 2 heterocycles. The second-order valence-corrected chi connectivity index (χ2v) is 3.77. The monoisotopic (exact) mass is 196 g/mol. The molecule has 2 saturated heterocycles. The first kappa shape index (κ1) is 11.5. The molecule has 0 aromatic heterocycles. The molecule has 0 atom stereocenters. The van der Waals surface area contributed by atoms with Gasteiger partial charge in [-0.25, -0.2) is 0 Å². The van der Waals surface area contributed by atoms with E-state index in [9.17, 15) is 0 Å². The smallest absolute Gasteiger partial charge is 0.0674 e. The first-order chi connectivity index (χ1) is 6.79. The Morgan fingerprint density at radius 2 is 1.50 bits per heavy atom. The fraction of sp³-hybridized carbons (Fsp3) is 0.667. The molecule has 0 aromatic carbocycles. The summed E-state index contributed by atoms with van der Waals surface area (Å²) in [6.45, 7) is 11.1. The van der Waals surface area contributed by atoms with Crippen LogP contribution in [-0.2, 0) is 9.47 Å². The molecular weight excluding hydrogens is 176 g/mol. The summed E-state index contributed by atoms with van der Waals surface area (Å²) in [6.07, 6.45) is 4.47. The molecule has 2 nitrogen and oxygen atoms in total. The van der Waals surface area contributed by atoms with Crippen molar-refractivity contribution in [1.82, 2.24) is 0 Å². The van der Waals surface area contributed by atoms with Crippen LogP contribution < -0.4 is 0 Å². The summed E-state index contributed by atoms with van der Waals surface area (Å²) in [7, 11) is 0. The minimum atomic E-state index is 0.792. The zero-order chi connectivity index (χ0) is 10.2. The normalized spacial score (nSPS) is 22.6. The van der Waals surface area contributed by atoms with Gasteiger partial charge in [0.2, 0.25) is 0 Å². The zero-order valence-corrected chi connectivity index (χ0v) is 8.89. The number of ether oxygens (including phenoxy) is 2.